The number of nitrogens with zero attached hydrogens (tertiary/aromatic N) is 1. The average Bonchev–Trinajstić information content (AvgIpc) is 2.68. The van der Waals surface area contributed by atoms with Crippen LogP contribution in [0.15, 0.2) is 59.5 Å². The third-order valence-electron chi connectivity index (χ3n) is 5.30. The van der Waals surface area contributed by atoms with E-state index in [-0.39, 0.29) is 11.3 Å². The summed E-state index contributed by atoms with van der Waals surface area (Å²) in [4.78, 5) is 0.381. The van der Waals surface area contributed by atoms with Crippen molar-refractivity contribution in [2.24, 2.45) is 5.92 Å². The van der Waals surface area contributed by atoms with Crippen LogP contribution in [0, 0.1) is 5.92 Å². The Labute approximate surface area is 169 Å². The smallest absolute Gasteiger partial charge is 0.243 e. The van der Waals surface area contributed by atoms with Gasteiger partial charge in [-0.15, -0.1) is 0 Å². The molecule has 0 N–H and O–H groups in total. The Morgan fingerprint density at radius 1 is 1.04 bits per heavy atom. The fourth-order valence-electron chi connectivity index (χ4n) is 3.57. The first-order valence-corrected chi connectivity index (χ1v) is 11.4. The molecule has 152 valence electrons. The summed E-state index contributed by atoms with van der Waals surface area (Å²) in [6.45, 7) is 8.64. The van der Waals surface area contributed by atoms with Crippen LogP contribution in [-0.4, -0.2) is 32.4 Å². The predicted octanol–water partition coefficient (Wildman–Crippen LogP) is 4.60. The zero-order chi connectivity index (χ0) is 20.2. The van der Waals surface area contributed by atoms with E-state index in [0.29, 0.717) is 31.2 Å². The molecule has 1 fully saturated rings. The second-order valence-electron chi connectivity index (χ2n) is 8.65. The van der Waals surface area contributed by atoms with E-state index in [4.69, 9.17) is 4.74 Å². The van der Waals surface area contributed by atoms with Crippen molar-refractivity contribution in [2.75, 3.05) is 19.7 Å². The molecule has 4 nitrogen and oxygen atoms in total. The summed E-state index contributed by atoms with van der Waals surface area (Å²) < 4.78 is 33.6. The first-order valence-electron chi connectivity index (χ1n) is 9.99. The van der Waals surface area contributed by atoms with Crippen LogP contribution in [0.3, 0.4) is 0 Å². The maximum atomic E-state index is 13.1. The lowest BCUT2D eigenvalue weighted by molar-refractivity contribution is 0.0672. The minimum absolute atomic E-state index is 0.00854. The molecule has 5 heteroatoms. The highest BCUT2D eigenvalue weighted by atomic mass is 32.2. The summed E-state index contributed by atoms with van der Waals surface area (Å²) in [5.41, 5.74) is 2.29. The van der Waals surface area contributed by atoms with Gasteiger partial charge in [0.05, 0.1) is 18.1 Å². The van der Waals surface area contributed by atoms with E-state index >= 15 is 0 Å². The summed E-state index contributed by atoms with van der Waals surface area (Å²) in [5.74, 6) is 0.237. The molecule has 0 bridgehead atoms. The molecule has 0 amide bonds. The maximum absolute atomic E-state index is 13.1. The summed E-state index contributed by atoms with van der Waals surface area (Å²) >= 11 is 0. The SMILES string of the molecule is CC(C)(C)c1ccc(S(=O)(=O)N2CCCC(COCc3ccccc3)C2)cc1. The fourth-order valence-corrected chi connectivity index (χ4v) is 5.13. The van der Waals surface area contributed by atoms with Crippen LogP contribution in [0.2, 0.25) is 0 Å². The molecule has 0 saturated carbocycles. The standard InChI is InChI=1S/C23H31NO3S/c1-23(2,3)21-11-13-22(14-12-21)28(25,26)24-15-7-10-20(16-24)18-27-17-19-8-5-4-6-9-19/h4-6,8-9,11-14,20H,7,10,15-18H2,1-3H3. The average molecular weight is 402 g/mol. The third-order valence-corrected chi connectivity index (χ3v) is 7.18. The van der Waals surface area contributed by atoms with Gasteiger partial charge in [0.25, 0.3) is 0 Å². The molecule has 0 spiro atoms. The van der Waals surface area contributed by atoms with Gasteiger partial charge in [0.1, 0.15) is 0 Å². The topological polar surface area (TPSA) is 46.6 Å². The quantitative estimate of drug-likeness (QED) is 0.711. The second-order valence-corrected chi connectivity index (χ2v) is 10.6. The summed E-state index contributed by atoms with van der Waals surface area (Å²) in [5, 5.41) is 0. The van der Waals surface area contributed by atoms with E-state index in [2.05, 4.69) is 20.8 Å². The molecule has 1 heterocycles. The second kappa shape index (κ2) is 8.76. The van der Waals surface area contributed by atoms with Crippen molar-refractivity contribution in [1.29, 1.82) is 0 Å². The van der Waals surface area contributed by atoms with Gasteiger partial charge >= 0.3 is 0 Å². The van der Waals surface area contributed by atoms with Gasteiger partial charge in [-0.3, -0.25) is 0 Å². The lowest BCUT2D eigenvalue weighted by Gasteiger charge is -2.32. The van der Waals surface area contributed by atoms with Gasteiger partial charge in [-0.25, -0.2) is 8.42 Å². The van der Waals surface area contributed by atoms with Crippen LogP contribution in [-0.2, 0) is 26.8 Å². The number of ether oxygens (including phenoxy) is 1. The summed E-state index contributed by atoms with van der Waals surface area (Å²) in [6.07, 6.45) is 1.88. The molecule has 1 atom stereocenters. The number of hydrogen-bond acceptors (Lipinski definition) is 3. The minimum atomic E-state index is -3.46. The van der Waals surface area contributed by atoms with Gasteiger partial charge in [-0.1, -0.05) is 63.2 Å². The Morgan fingerprint density at radius 2 is 1.71 bits per heavy atom. The van der Waals surface area contributed by atoms with Crippen LogP contribution < -0.4 is 0 Å². The molecular formula is C23H31NO3S. The Morgan fingerprint density at radius 3 is 2.36 bits per heavy atom. The van der Waals surface area contributed by atoms with Crippen molar-refractivity contribution in [3.8, 4) is 0 Å². The van der Waals surface area contributed by atoms with E-state index in [9.17, 15) is 8.42 Å². The lowest BCUT2D eigenvalue weighted by atomic mass is 9.87. The Hall–Kier alpha value is -1.69. The van der Waals surface area contributed by atoms with E-state index in [1.165, 1.54) is 0 Å². The number of rotatable bonds is 6. The van der Waals surface area contributed by atoms with E-state index in [1.54, 1.807) is 16.4 Å². The predicted molar refractivity (Wildman–Crippen MR) is 113 cm³/mol. The van der Waals surface area contributed by atoms with Crippen molar-refractivity contribution in [2.45, 2.75) is 50.5 Å². The van der Waals surface area contributed by atoms with Crippen molar-refractivity contribution in [1.82, 2.24) is 4.31 Å². The van der Waals surface area contributed by atoms with E-state index in [0.717, 1.165) is 24.0 Å². The normalized spacial score (nSPS) is 18.9. The zero-order valence-electron chi connectivity index (χ0n) is 17.1. The highest BCUT2D eigenvalue weighted by molar-refractivity contribution is 7.89. The molecule has 1 unspecified atom stereocenters. The molecule has 28 heavy (non-hydrogen) atoms. The largest absolute Gasteiger partial charge is 0.376 e. The van der Waals surface area contributed by atoms with Gasteiger partial charge in [-0.2, -0.15) is 4.31 Å². The van der Waals surface area contributed by atoms with Crippen molar-refractivity contribution >= 4 is 10.0 Å². The first-order chi connectivity index (χ1) is 13.3. The molecule has 2 aromatic rings. The van der Waals surface area contributed by atoms with Crippen LogP contribution >= 0.6 is 0 Å². The van der Waals surface area contributed by atoms with Gasteiger partial charge in [-0.05, 0) is 47.4 Å². The minimum Gasteiger partial charge on any atom is -0.376 e. The number of benzene rings is 2. The summed E-state index contributed by atoms with van der Waals surface area (Å²) in [6, 6.07) is 17.4. The lowest BCUT2D eigenvalue weighted by Crippen LogP contribution is -2.41. The highest BCUT2D eigenvalue weighted by Crippen LogP contribution is 2.27. The van der Waals surface area contributed by atoms with E-state index < -0.39 is 10.0 Å². The molecule has 2 aromatic carbocycles. The molecule has 1 aliphatic heterocycles. The van der Waals surface area contributed by atoms with Crippen LogP contribution in [0.25, 0.3) is 0 Å². The third kappa shape index (κ3) is 5.22. The first kappa shape index (κ1) is 21.0. The van der Waals surface area contributed by atoms with Crippen LogP contribution in [0.1, 0.15) is 44.7 Å². The molecule has 1 aliphatic rings. The molecule has 0 aliphatic carbocycles. The highest BCUT2D eigenvalue weighted by Gasteiger charge is 2.30. The van der Waals surface area contributed by atoms with Gasteiger partial charge in [0, 0.05) is 13.1 Å². The Balaban J connectivity index is 1.60. The molecule has 0 aromatic heterocycles. The van der Waals surface area contributed by atoms with Crippen LogP contribution in [0.4, 0.5) is 0 Å². The number of piperidine rings is 1. The summed E-state index contributed by atoms with van der Waals surface area (Å²) in [7, 11) is -3.46. The molecular weight excluding hydrogens is 370 g/mol. The van der Waals surface area contributed by atoms with Crippen LogP contribution in [0.5, 0.6) is 0 Å². The molecule has 3 rings (SSSR count). The maximum Gasteiger partial charge on any atom is 0.243 e. The number of hydrogen-bond donors (Lipinski definition) is 0. The van der Waals surface area contributed by atoms with Crippen molar-refractivity contribution < 1.29 is 13.2 Å². The Bertz CT molecular complexity index is 855. The Kier molecular flexibility index (Phi) is 6.58. The van der Waals surface area contributed by atoms with E-state index in [1.807, 2.05) is 42.5 Å². The van der Waals surface area contributed by atoms with Gasteiger partial charge in [0.15, 0.2) is 0 Å². The van der Waals surface area contributed by atoms with Crippen molar-refractivity contribution in [3.63, 3.8) is 0 Å². The molecule has 0 radical (unpaired) electrons. The monoisotopic (exact) mass is 401 g/mol. The number of sulfonamides is 1. The zero-order valence-corrected chi connectivity index (χ0v) is 17.9. The molecule has 1 saturated heterocycles. The van der Waals surface area contributed by atoms with Gasteiger partial charge < -0.3 is 4.74 Å². The fraction of sp³-hybridized carbons (Fsp3) is 0.478. The van der Waals surface area contributed by atoms with Gasteiger partial charge in [0.2, 0.25) is 10.0 Å². The van der Waals surface area contributed by atoms with Crippen molar-refractivity contribution in [3.05, 3.63) is 65.7 Å².